The van der Waals surface area contributed by atoms with Gasteiger partial charge >= 0.3 is 6.03 Å². The molecule has 0 radical (unpaired) electrons. The van der Waals surface area contributed by atoms with Crippen molar-refractivity contribution in [2.45, 2.75) is 13.0 Å². The minimum absolute atomic E-state index is 0.135. The molecule has 1 atom stereocenters. The van der Waals surface area contributed by atoms with E-state index in [1.807, 2.05) is 37.3 Å². The largest absolute Gasteiger partial charge is 0.492 e. The van der Waals surface area contributed by atoms with Crippen molar-refractivity contribution in [2.24, 2.45) is 0 Å². The third-order valence-corrected chi connectivity index (χ3v) is 6.22. The number of nitrogens with zero attached hydrogens (tertiary/aromatic N) is 2. The molecule has 2 aliphatic rings. The van der Waals surface area contributed by atoms with Crippen LogP contribution in [0.15, 0.2) is 59.8 Å². The molecule has 0 saturated carbocycles. The van der Waals surface area contributed by atoms with Crippen molar-refractivity contribution in [3.8, 4) is 5.75 Å². The van der Waals surface area contributed by atoms with Gasteiger partial charge in [0.1, 0.15) is 18.9 Å². The van der Waals surface area contributed by atoms with Crippen molar-refractivity contribution in [1.29, 1.82) is 0 Å². The molecule has 2 aliphatic heterocycles. The molecule has 0 aromatic heterocycles. The quantitative estimate of drug-likeness (QED) is 0.541. The van der Waals surface area contributed by atoms with Crippen molar-refractivity contribution in [1.82, 2.24) is 20.4 Å². The fourth-order valence-electron chi connectivity index (χ4n) is 4.08. The van der Waals surface area contributed by atoms with Crippen LogP contribution in [0.2, 0.25) is 10.0 Å². The molecule has 178 valence electrons. The molecule has 4 rings (SSSR count). The van der Waals surface area contributed by atoms with E-state index < -0.39 is 6.04 Å². The van der Waals surface area contributed by atoms with E-state index in [4.69, 9.17) is 27.9 Å². The van der Waals surface area contributed by atoms with Crippen molar-refractivity contribution >= 4 is 41.0 Å². The molecule has 8 nitrogen and oxygen atoms in total. The van der Waals surface area contributed by atoms with Gasteiger partial charge in [0.05, 0.1) is 30.4 Å². The lowest BCUT2D eigenvalue weighted by atomic mass is 9.95. The lowest BCUT2D eigenvalue weighted by molar-refractivity contribution is -0.131. The number of nitrogens with one attached hydrogen (secondary N) is 2. The maximum absolute atomic E-state index is 13.3. The van der Waals surface area contributed by atoms with Gasteiger partial charge in [0.25, 0.3) is 5.91 Å². The topological polar surface area (TPSA) is 91.0 Å². The number of urea groups is 1. The van der Waals surface area contributed by atoms with Crippen molar-refractivity contribution in [2.75, 3.05) is 32.8 Å². The number of rotatable bonds is 8. The molecule has 2 heterocycles. The monoisotopic (exact) mass is 502 g/mol. The highest BCUT2D eigenvalue weighted by atomic mass is 35.5. The van der Waals surface area contributed by atoms with Gasteiger partial charge in [0.2, 0.25) is 5.91 Å². The Kier molecular flexibility index (Phi) is 7.29. The summed E-state index contributed by atoms with van der Waals surface area (Å²) in [6.07, 6.45) is 0. The molecule has 0 bridgehead atoms. The Morgan fingerprint density at radius 2 is 1.94 bits per heavy atom. The van der Waals surface area contributed by atoms with Crippen LogP contribution in [0.3, 0.4) is 0 Å². The van der Waals surface area contributed by atoms with Crippen LogP contribution >= 0.6 is 23.2 Å². The van der Waals surface area contributed by atoms with Gasteiger partial charge in [-0.15, -0.1) is 0 Å². The van der Waals surface area contributed by atoms with Gasteiger partial charge in [-0.3, -0.25) is 14.5 Å². The molecule has 0 spiro atoms. The highest BCUT2D eigenvalue weighted by molar-refractivity contribution is 6.35. The number of hydrogen-bond donors (Lipinski definition) is 2. The summed E-state index contributed by atoms with van der Waals surface area (Å²) in [5.41, 5.74) is 1.55. The molecule has 0 aliphatic carbocycles. The number of amides is 4. The number of hydrogen-bond acceptors (Lipinski definition) is 4. The van der Waals surface area contributed by atoms with E-state index in [0.717, 1.165) is 0 Å². The summed E-state index contributed by atoms with van der Waals surface area (Å²) in [6, 6.07) is 13.2. The first-order chi connectivity index (χ1) is 16.4. The molecular weight excluding hydrogens is 479 g/mol. The molecule has 2 aromatic rings. The number of likely N-dealkylation sites (N-methyl/N-ethyl adjacent to an activating group) is 1. The molecule has 34 heavy (non-hydrogen) atoms. The summed E-state index contributed by atoms with van der Waals surface area (Å²) in [4.78, 5) is 41.5. The van der Waals surface area contributed by atoms with Crippen molar-refractivity contribution in [3.63, 3.8) is 0 Å². The third kappa shape index (κ3) is 4.98. The zero-order valence-electron chi connectivity index (χ0n) is 18.5. The average Bonchev–Trinajstić information content (AvgIpc) is 3.13. The van der Waals surface area contributed by atoms with Crippen LogP contribution in [-0.4, -0.2) is 60.4 Å². The smallest absolute Gasteiger partial charge is 0.322 e. The van der Waals surface area contributed by atoms with Crippen molar-refractivity contribution in [3.05, 3.63) is 75.4 Å². The van der Waals surface area contributed by atoms with Gasteiger partial charge in [0.15, 0.2) is 0 Å². The summed E-state index contributed by atoms with van der Waals surface area (Å²) in [6.45, 7) is 2.84. The van der Waals surface area contributed by atoms with E-state index in [2.05, 4.69) is 10.6 Å². The Morgan fingerprint density at radius 3 is 2.65 bits per heavy atom. The zero-order chi connectivity index (χ0) is 24.2. The highest BCUT2D eigenvalue weighted by Gasteiger charge is 2.44. The van der Waals surface area contributed by atoms with Crippen LogP contribution in [0.5, 0.6) is 5.75 Å². The Hall–Kier alpha value is -3.23. The van der Waals surface area contributed by atoms with E-state index in [9.17, 15) is 14.4 Å². The Bertz CT molecular complexity index is 1140. The van der Waals surface area contributed by atoms with E-state index >= 15 is 0 Å². The number of carbonyl (C=O) groups is 3. The second-order valence-corrected chi connectivity index (χ2v) is 8.67. The molecule has 4 amide bonds. The van der Waals surface area contributed by atoms with Gasteiger partial charge in [-0.1, -0.05) is 47.5 Å². The number of para-hydroxylation sites is 1. The van der Waals surface area contributed by atoms with Crippen LogP contribution in [0.4, 0.5) is 4.79 Å². The van der Waals surface area contributed by atoms with Crippen LogP contribution in [-0.2, 0) is 9.59 Å². The number of benzene rings is 2. The van der Waals surface area contributed by atoms with Gasteiger partial charge < -0.3 is 20.3 Å². The summed E-state index contributed by atoms with van der Waals surface area (Å²) in [7, 11) is 0. The maximum Gasteiger partial charge on any atom is 0.322 e. The summed E-state index contributed by atoms with van der Waals surface area (Å²) < 4.78 is 5.57. The standard InChI is InChI=1S/C24H24Cl2N4O4/c1-2-30-19-13-29(14-20(31)27-10-11-34-16-6-4-3-5-7-16)23(32)21(19)22(28-24(30)33)17-9-8-15(25)12-18(17)26/h3-9,12,22H,2,10-11,13-14H2,1H3,(H,27,31)(H,28,33)/t22-/m0/s1. The summed E-state index contributed by atoms with van der Waals surface area (Å²) in [5, 5.41) is 6.43. The summed E-state index contributed by atoms with van der Waals surface area (Å²) >= 11 is 12.4. The first-order valence-corrected chi connectivity index (χ1v) is 11.6. The molecule has 2 N–H and O–H groups in total. The number of halogens is 2. The molecule has 2 aromatic carbocycles. The molecular formula is C24H24Cl2N4O4. The summed E-state index contributed by atoms with van der Waals surface area (Å²) in [5.74, 6) is 0.0838. The molecule has 0 unspecified atom stereocenters. The minimum Gasteiger partial charge on any atom is -0.492 e. The normalized spacial score (nSPS) is 17.6. The van der Waals surface area contributed by atoms with Gasteiger partial charge in [-0.2, -0.15) is 0 Å². The first kappa shape index (κ1) is 23.9. The van der Waals surface area contributed by atoms with E-state index in [0.29, 0.717) is 52.3 Å². The van der Waals surface area contributed by atoms with Gasteiger partial charge in [-0.05, 0) is 36.8 Å². The van der Waals surface area contributed by atoms with E-state index in [1.54, 1.807) is 18.2 Å². The lowest BCUT2D eigenvalue weighted by Crippen LogP contribution is -2.47. The van der Waals surface area contributed by atoms with Crippen LogP contribution in [0.1, 0.15) is 18.5 Å². The number of ether oxygens (including phenoxy) is 1. The second kappa shape index (κ2) is 10.4. The number of carbonyl (C=O) groups excluding carboxylic acids is 3. The Labute approximate surface area is 207 Å². The first-order valence-electron chi connectivity index (χ1n) is 10.9. The van der Waals surface area contributed by atoms with Crippen LogP contribution < -0.4 is 15.4 Å². The lowest BCUT2D eigenvalue weighted by Gasteiger charge is -2.33. The fraction of sp³-hybridized carbons (Fsp3) is 0.292. The van der Waals surface area contributed by atoms with E-state index in [-0.39, 0.29) is 30.9 Å². The Balaban J connectivity index is 1.43. The SMILES string of the molecule is CCN1C(=O)N[C@@H](c2ccc(Cl)cc2Cl)C2=C1CN(CC(=O)NCCOc1ccccc1)C2=O. The predicted molar refractivity (Wildman–Crippen MR) is 129 cm³/mol. The van der Waals surface area contributed by atoms with Gasteiger partial charge in [0, 0.05) is 16.6 Å². The predicted octanol–water partition coefficient (Wildman–Crippen LogP) is 3.37. The fourth-order valence-corrected chi connectivity index (χ4v) is 4.60. The average molecular weight is 503 g/mol. The molecule has 0 saturated heterocycles. The Morgan fingerprint density at radius 1 is 1.18 bits per heavy atom. The zero-order valence-corrected chi connectivity index (χ0v) is 20.0. The van der Waals surface area contributed by atoms with E-state index in [1.165, 1.54) is 9.80 Å². The third-order valence-electron chi connectivity index (χ3n) is 5.66. The van der Waals surface area contributed by atoms with Crippen LogP contribution in [0.25, 0.3) is 0 Å². The maximum atomic E-state index is 13.3. The molecule has 0 fully saturated rings. The second-order valence-electron chi connectivity index (χ2n) is 7.83. The molecule has 10 heteroatoms. The minimum atomic E-state index is -0.727. The van der Waals surface area contributed by atoms with Crippen molar-refractivity contribution < 1.29 is 19.1 Å². The van der Waals surface area contributed by atoms with Gasteiger partial charge in [-0.25, -0.2) is 4.79 Å². The van der Waals surface area contributed by atoms with Crippen LogP contribution in [0, 0.1) is 0 Å². The highest BCUT2D eigenvalue weighted by Crippen LogP contribution is 2.39.